The number of nitrogens with zero attached hydrogens (tertiary/aromatic N) is 2. The van der Waals surface area contributed by atoms with Crippen LogP contribution in [-0.4, -0.2) is 21.2 Å². The van der Waals surface area contributed by atoms with Gasteiger partial charge in [0, 0.05) is 40.8 Å². The second-order valence-corrected chi connectivity index (χ2v) is 10.0. The Labute approximate surface area is 222 Å². The van der Waals surface area contributed by atoms with Gasteiger partial charge in [0.1, 0.15) is 5.82 Å². The maximum absolute atomic E-state index is 12.4. The molecule has 1 fully saturated rings. The summed E-state index contributed by atoms with van der Waals surface area (Å²) in [6.45, 7) is 4.28. The lowest BCUT2D eigenvalue weighted by Crippen LogP contribution is -2.19. The Hall–Kier alpha value is -4.53. The molecule has 1 saturated carbocycles. The van der Waals surface area contributed by atoms with Crippen LogP contribution in [0.5, 0.6) is 0 Å². The van der Waals surface area contributed by atoms with Gasteiger partial charge in [0.2, 0.25) is 0 Å². The molecule has 2 aromatic carbocycles. The second kappa shape index (κ2) is 11.2. The van der Waals surface area contributed by atoms with Gasteiger partial charge in [0.05, 0.1) is 17.6 Å². The van der Waals surface area contributed by atoms with Crippen molar-refractivity contribution in [3.8, 4) is 0 Å². The first-order valence-corrected chi connectivity index (χ1v) is 13.1. The fourth-order valence-corrected chi connectivity index (χ4v) is 4.66. The van der Waals surface area contributed by atoms with Crippen LogP contribution >= 0.6 is 0 Å². The molecule has 0 aliphatic heterocycles. The van der Waals surface area contributed by atoms with E-state index in [0.29, 0.717) is 29.0 Å². The van der Waals surface area contributed by atoms with E-state index in [1.54, 1.807) is 6.20 Å². The van der Waals surface area contributed by atoms with Gasteiger partial charge in [-0.05, 0) is 60.7 Å². The zero-order chi connectivity index (χ0) is 26.5. The fraction of sp³-hybridized carbons (Fsp3) is 0.276. The lowest BCUT2D eigenvalue weighted by atomic mass is 10.0. The first kappa shape index (κ1) is 25.1. The third-order valence-electron chi connectivity index (χ3n) is 6.84. The third-order valence-corrected chi connectivity index (χ3v) is 6.84. The first-order chi connectivity index (χ1) is 18.4. The van der Waals surface area contributed by atoms with Crippen molar-refractivity contribution in [1.29, 1.82) is 0 Å². The van der Waals surface area contributed by atoms with E-state index in [1.165, 1.54) is 36.9 Å². The number of amides is 2. The molecule has 9 heteroatoms. The number of carbonyl (C=O) groups excluding carboxylic acids is 1. The Morgan fingerprint density at radius 2 is 1.53 bits per heavy atom. The van der Waals surface area contributed by atoms with Gasteiger partial charge in [0.25, 0.3) is 0 Å². The molecule has 38 heavy (non-hydrogen) atoms. The van der Waals surface area contributed by atoms with Crippen molar-refractivity contribution in [3.63, 3.8) is 0 Å². The van der Waals surface area contributed by atoms with E-state index in [4.69, 9.17) is 5.73 Å². The van der Waals surface area contributed by atoms with Crippen molar-refractivity contribution < 1.29 is 4.79 Å². The Morgan fingerprint density at radius 1 is 0.895 bits per heavy atom. The van der Waals surface area contributed by atoms with E-state index < -0.39 is 0 Å². The van der Waals surface area contributed by atoms with Gasteiger partial charge in [0.15, 0.2) is 5.82 Å². The maximum atomic E-state index is 12.4. The lowest BCUT2D eigenvalue weighted by molar-refractivity contribution is 0.262. The number of rotatable bonds is 8. The topological polar surface area (TPSA) is 133 Å². The molecule has 0 spiro atoms. The van der Waals surface area contributed by atoms with Crippen molar-refractivity contribution in [3.05, 3.63) is 78.1 Å². The van der Waals surface area contributed by atoms with E-state index in [9.17, 15) is 4.79 Å². The molecule has 2 heterocycles. The van der Waals surface area contributed by atoms with Crippen molar-refractivity contribution in [2.45, 2.75) is 51.4 Å². The summed E-state index contributed by atoms with van der Waals surface area (Å²) in [6.07, 6.45) is 6.58. The minimum Gasteiger partial charge on any atom is -0.396 e. The highest BCUT2D eigenvalue weighted by Crippen LogP contribution is 2.34. The summed E-state index contributed by atoms with van der Waals surface area (Å²) in [5.74, 6) is 2.38. The normalized spacial score (nSPS) is 13.4. The zero-order valence-corrected chi connectivity index (χ0v) is 21.7. The molecular formula is C29H34N8O. The number of benzene rings is 2. The summed E-state index contributed by atoms with van der Waals surface area (Å²) in [5, 5.41) is 19.9. The van der Waals surface area contributed by atoms with Crippen LogP contribution in [0.1, 0.15) is 62.6 Å². The highest BCUT2D eigenvalue weighted by molar-refractivity contribution is 5.99. The van der Waals surface area contributed by atoms with Crippen LogP contribution in [0.25, 0.3) is 0 Å². The molecule has 4 aromatic rings. The minimum absolute atomic E-state index is 0.298. The molecular weight excluding hydrogens is 476 g/mol. The largest absolute Gasteiger partial charge is 0.396 e. The molecule has 9 nitrogen and oxygen atoms in total. The Morgan fingerprint density at radius 3 is 2.18 bits per heavy atom. The molecule has 2 amide bonds. The average Bonchev–Trinajstić information content (AvgIpc) is 3.60. The summed E-state index contributed by atoms with van der Waals surface area (Å²) < 4.78 is 0. The van der Waals surface area contributed by atoms with Crippen LogP contribution < -0.4 is 27.0 Å². The predicted octanol–water partition coefficient (Wildman–Crippen LogP) is 7.30. The van der Waals surface area contributed by atoms with Crippen LogP contribution in [0.2, 0.25) is 0 Å². The maximum Gasteiger partial charge on any atom is 0.323 e. The summed E-state index contributed by atoms with van der Waals surface area (Å²) in [7, 11) is 0. The number of aromatic nitrogens is 3. The highest BCUT2D eigenvalue weighted by Gasteiger charge is 2.19. The number of nitrogen functional groups attached to an aromatic ring is 1. The number of urea groups is 1. The smallest absolute Gasteiger partial charge is 0.323 e. The number of carbonyl (C=O) groups is 1. The van der Waals surface area contributed by atoms with Crippen molar-refractivity contribution in [1.82, 2.24) is 15.2 Å². The number of nitrogens with two attached hydrogens (primary N) is 1. The number of pyridine rings is 1. The standard InChI is InChI=1S/C29H34N8O/c1-18(2)19-7-9-22(10-8-19)33-29(38)34-23-13-11-21(12-14-23)32-27-16-26(24(30)17-31-27)35-28-15-25(36-37-28)20-5-3-4-6-20/h7-18,20H,3-6,30H2,1-2H3,(H2,33,34,38)(H3,31,32,35,36,37). The van der Waals surface area contributed by atoms with Crippen molar-refractivity contribution in [2.75, 3.05) is 27.0 Å². The van der Waals surface area contributed by atoms with Crippen LogP contribution in [0.15, 0.2) is 66.9 Å². The summed E-state index contributed by atoms with van der Waals surface area (Å²) in [6, 6.07) is 18.9. The molecule has 0 unspecified atom stereocenters. The average molecular weight is 511 g/mol. The SMILES string of the molecule is CC(C)c1ccc(NC(=O)Nc2ccc(Nc3cc(Nc4cc(C5CCCC5)[nH]n4)c(N)cn3)cc2)cc1. The molecule has 0 bridgehead atoms. The van der Waals surface area contributed by atoms with Gasteiger partial charge in [-0.3, -0.25) is 5.10 Å². The highest BCUT2D eigenvalue weighted by atomic mass is 16.2. The lowest BCUT2D eigenvalue weighted by Gasteiger charge is -2.12. The van der Waals surface area contributed by atoms with Crippen LogP contribution in [0, 0.1) is 0 Å². The second-order valence-electron chi connectivity index (χ2n) is 10.0. The van der Waals surface area contributed by atoms with Gasteiger partial charge < -0.3 is 27.0 Å². The van der Waals surface area contributed by atoms with Gasteiger partial charge >= 0.3 is 6.03 Å². The number of H-pyrrole nitrogens is 1. The molecule has 1 aliphatic rings. The van der Waals surface area contributed by atoms with Gasteiger partial charge in [-0.2, -0.15) is 5.10 Å². The van der Waals surface area contributed by atoms with E-state index in [0.717, 1.165) is 22.9 Å². The number of anilines is 7. The van der Waals surface area contributed by atoms with Gasteiger partial charge in [-0.1, -0.05) is 38.8 Å². The molecule has 7 N–H and O–H groups in total. The van der Waals surface area contributed by atoms with E-state index in [1.807, 2.05) is 54.6 Å². The quantitative estimate of drug-likeness (QED) is 0.147. The molecule has 0 atom stereocenters. The predicted molar refractivity (Wildman–Crippen MR) is 155 cm³/mol. The van der Waals surface area contributed by atoms with Gasteiger partial charge in [-0.15, -0.1) is 0 Å². The van der Waals surface area contributed by atoms with E-state index >= 15 is 0 Å². The van der Waals surface area contributed by atoms with E-state index in [2.05, 4.69) is 56.4 Å². The number of nitrogens with one attached hydrogen (secondary N) is 5. The van der Waals surface area contributed by atoms with Crippen LogP contribution in [0.4, 0.5) is 44.9 Å². The first-order valence-electron chi connectivity index (χ1n) is 13.1. The van der Waals surface area contributed by atoms with Crippen molar-refractivity contribution >= 4 is 46.1 Å². The zero-order valence-electron chi connectivity index (χ0n) is 21.7. The molecule has 0 radical (unpaired) electrons. The summed E-state index contributed by atoms with van der Waals surface area (Å²) in [4.78, 5) is 16.8. The van der Waals surface area contributed by atoms with Crippen molar-refractivity contribution in [2.24, 2.45) is 0 Å². The van der Waals surface area contributed by atoms with Crippen LogP contribution in [0.3, 0.4) is 0 Å². The molecule has 2 aromatic heterocycles. The molecule has 196 valence electrons. The fourth-order valence-electron chi connectivity index (χ4n) is 4.66. The molecule has 0 saturated heterocycles. The number of hydrogen-bond acceptors (Lipinski definition) is 6. The van der Waals surface area contributed by atoms with Crippen LogP contribution in [-0.2, 0) is 0 Å². The van der Waals surface area contributed by atoms with Gasteiger partial charge in [-0.25, -0.2) is 9.78 Å². The number of hydrogen-bond donors (Lipinski definition) is 6. The molecule has 5 rings (SSSR count). The number of aromatic amines is 1. The Bertz CT molecular complexity index is 1370. The Balaban J connectivity index is 1.17. The summed E-state index contributed by atoms with van der Waals surface area (Å²) in [5.41, 5.74) is 12.1. The van der Waals surface area contributed by atoms with E-state index in [-0.39, 0.29) is 6.03 Å². The summed E-state index contributed by atoms with van der Waals surface area (Å²) >= 11 is 0. The minimum atomic E-state index is -0.298. The molecule has 1 aliphatic carbocycles. The Kier molecular flexibility index (Phi) is 7.44. The monoisotopic (exact) mass is 510 g/mol. The third kappa shape index (κ3) is 6.23.